The number of hydrogen-bond acceptors (Lipinski definition) is 24. The summed E-state index contributed by atoms with van der Waals surface area (Å²) in [5, 5.41) is 14.9. The van der Waals surface area contributed by atoms with E-state index in [1.54, 1.807) is 34.6 Å². The first-order valence-corrected chi connectivity index (χ1v) is 53.8. The minimum absolute atomic E-state index is 0. The van der Waals surface area contributed by atoms with Gasteiger partial charge in [-0.2, -0.15) is 5.10 Å². The Morgan fingerprint density at radius 3 is 1.10 bits per heavy atom. The number of carbonyl (C=O) groups excluding carboxylic acids is 14. The molecule has 1 aliphatic heterocycles. The predicted octanol–water partition coefficient (Wildman–Crippen LogP) is 23.8. The topological polar surface area (TPSA) is 425 Å². The molecule has 0 radical (unpaired) electrons. The van der Waals surface area contributed by atoms with E-state index in [4.69, 9.17) is 23.7 Å². The number of aromatic amines is 1. The van der Waals surface area contributed by atoms with E-state index < -0.39 is 15.9 Å². The van der Waals surface area contributed by atoms with E-state index in [0.29, 0.717) is 80.6 Å². The number of piperidine rings is 1. The van der Waals surface area contributed by atoms with Crippen molar-refractivity contribution >= 4 is 98.5 Å². The van der Waals surface area contributed by atoms with E-state index in [2.05, 4.69) is 63.6 Å². The number of Topliss-reactive ketones (excluding diaryl/α,β-unsaturated/α-hetero) is 2. The van der Waals surface area contributed by atoms with E-state index in [9.17, 15) is 75.5 Å². The molecule has 5 N–H and O–H groups in total. The van der Waals surface area contributed by atoms with Gasteiger partial charge in [0.05, 0.1) is 61.8 Å². The molecule has 3 saturated carbocycles. The maximum atomic E-state index is 11.4. The third-order valence-electron chi connectivity index (χ3n) is 18.6. The number of para-hydroxylation sites is 1. The number of amides is 6. The lowest BCUT2D eigenvalue weighted by atomic mass is 9.96. The Morgan fingerprint density at radius 1 is 0.458 bits per heavy atom. The van der Waals surface area contributed by atoms with Crippen LogP contribution in [-0.2, 0) is 106 Å². The van der Waals surface area contributed by atoms with Crippen LogP contribution >= 0.6 is 0 Å². The molecule has 1 aromatic heterocycles. The summed E-state index contributed by atoms with van der Waals surface area (Å²) in [5.41, 5.74) is 0.932. The van der Waals surface area contributed by atoms with Crippen molar-refractivity contribution in [2.24, 2.45) is 88.3 Å². The molecule has 0 spiro atoms. The number of rotatable bonds is 31. The fraction of sp³-hybridized carbons (Fsp3) is 0.804. The number of nitrogens with zero attached hydrogens (tertiary/aromatic N) is 4. The first-order chi connectivity index (χ1) is 64.9. The molecule has 31 nitrogen and oxygen atoms in total. The van der Waals surface area contributed by atoms with Gasteiger partial charge in [0.25, 0.3) is 0 Å². The lowest BCUT2D eigenvalue weighted by molar-refractivity contribution is -0.157. The fourth-order valence-electron chi connectivity index (χ4n) is 9.73. The maximum Gasteiger partial charge on any atom is 0.308 e. The van der Waals surface area contributed by atoms with Crippen molar-refractivity contribution in [2.75, 3.05) is 64.1 Å². The monoisotopic (exact) mass is 2070 g/mol. The molecular formula is C112H219N9O22S. The second-order valence-electron chi connectivity index (χ2n) is 41.6. The molecule has 6 rings (SSSR count). The van der Waals surface area contributed by atoms with Gasteiger partial charge in [0.15, 0.2) is 0 Å². The van der Waals surface area contributed by atoms with Crippen molar-refractivity contribution in [3.63, 3.8) is 0 Å². The second kappa shape index (κ2) is 96.4. The van der Waals surface area contributed by atoms with Gasteiger partial charge in [0, 0.05) is 106 Å². The number of hydrogen-bond donors (Lipinski definition) is 5. The Balaban J connectivity index is -0.000000130. The van der Waals surface area contributed by atoms with Gasteiger partial charge in [-0.25, -0.2) is 13.4 Å². The number of benzene rings is 1. The van der Waals surface area contributed by atoms with Crippen LogP contribution in [0.25, 0.3) is 0 Å². The van der Waals surface area contributed by atoms with Gasteiger partial charge in [0.2, 0.25) is 45.5 Å². The van der Waals surface area contributed by atoms with Crippen LogP contribution in [0.3, 0.4) is 0 Å². The molecule has 1 saturated heterocycles. The minimum Gasteiger partial charge on any atom is -0.466 e. The summed E-state index contributed by atoms with van der Waals surface area (Å²) in [7, 11) is -3.37. The van der Waals surface area contributed by atoms with E-state index >= 15 is 0 Å². The molecule has 850 valence electrons. The molecule has 2 aromatic rings. The Bertz CT molecular complexity index is 3630. The van der Waals surface area contributed by atoms with Crippen LogP contribution in [0.4, 0.5) is 5.69 Å². The van der Waals surface area contributed by atoms with Crippen LogP contribution in [0, 0.1) is 88.3 Å². The Labute approximate surface area is 879 Å². The van der Waals surface area contributed by atoms with Crippen LogP contribution in [0.5, 0.6) is 0 Å². The predicted molar refractivity (Wildman–Crippen MR) is 591 cm³/mol. The number of likely N-dealkylation sites (tertiary alicyclic amines) is 1. The Kier molecular flexibility index (Phi) is 107. The number of sulfonamides is 1. The summed E-state index contributed by atoms with van der Waals surface area (Å²) in [5.74, 6) is 4.14. The quantitative estimate of drug-likeness (QED) is 0.0346. The van der Waals surface area contributed by atoms with Crippen LogP contribution < -0.4 is 20.7 Å². The van der Waals surface area contributed by atoms with E-state index in [-0.39, 0.29) is 176 Å². The third-order valence-corrected chi connectivity index (χ3v) is 19.2. The second-order valence-corrected chi connectivity index (χ2v) is 43.4. The largest absolute Gasteiger partial charge is 0.466 e. The van der Waals surface area contributed by atoms with Crippen molar-refractivity contribution in [3.05, 3.63) is 42.5 Å². The highest BCUT2D eigenvalue weighted by molar-refractivity contribution is 7.89. The van der Waals surface area contributed by atoms with Gasteiger partial charge in [-0.3, -0.25) is 72.1 Å². The summed E-state index contributed by atoms with van der Waals surface area (Å²) in [6, 6.07) is 9.98. The third kappa shape index (κ3) is 115. The molecule has 144 heavy (non-hydrogen) atoms. The number of nitrogens with one attached hydrogen (secondary N) is 5. The van der Waals surface area contributed by atoms with Crippen LogP contribution in [0.2, 0.25) is 0 Å². The average Bonchev–Trinajstić information content (AvgIpc) is 1.77. The highest BCUT2D eigenvalue weighted by Crippen LogP contribution is 2.24. The van der Waals surface area contributed by atoms with Gasteiger partial charge in [-0.1, -0.05) is 269 Å². The number of anilines is 1. The van der Waals surface area contributed by atoms with Crippen LogP contribution in [0.15, 0.2) is 36.7 Å². The molecule has 0 atom stereocenters. The molecule has 32 heteroatoms. The number of ether oxygens (including phenoxy) is 6. The molecule has 6 amide bonds. The smallest absolute Gasteiger partial charge is 0.308 e. The van der Waals surface area contributed by atoms with Gasteiger partial charge in [-0.05, 0) is 181 Å². The van der Waals surface area contributed by atoms with Gasteiger partial charge in [-0.15, -0.1) is 0 Å². The fourth-order valence-corrected chi connectivity index (χ4v) is 10.3. The maximum absolute atomic E-state index is 11.4. The average molecular weight is 2080 g/mol. The minimum atomic E-state index is -3.37. The molecule has 3 aliphatic carbocycles. The van der Waals surface area contributed by atoms with Gasteiger partial charge >= 0.3 is 35.8 Å². The van der Waals surface area contributed by atoms with Crippen molar-refractivity contribution in [2.45, 2.75) is 446 Å². The first kappa shape index (κ1) is 161. The van der Waals surface area contributed by atoms with Crippen LogP contribution in [-0.4, -0.2) is 199 Å². The summed E-state index contributed by atoms with van der Waals surface area (Å²) < 4.78 is 52.3. The van der Waals surface area contributed by atoms with Crippen molar-refractivity contribution in [3.8, 4) is 0 Å². The molecule has 4 fully saturated rings. The molecular weight excluding hydrogens is 1860 g/mol. The number of H-pyrrole nitrogens is 1. The van der Waals surface area contributed by atoms with E-state index in [1.807, 2.05) is 273 Å². The van der Waals surface area contributed by atoms with E-state index in [1.165, 1.54) is 57.7 Å². The zero-order valence-corrected chi connectivity index (χ0v) is 97.4. The Hall–Kier alpha value is -8.71. The van der Waals surface area contributed by atoms with Crippen molar-refractivity contribution in [1.29, 1.82) is 0 Å². The molecule has 4 aliphatic rings. The Morgan fingerprint density at radius 2 is 0.854 bits per heavy atom. The number of ketones is 2. The lowest BCUT2D eigenvalue weighted by Gasteiger charge is -2.28. The zero-order valence-electron chi connectivity index (χ0n) is 96.6. The normalized spacial score (nSPS) is 12.5. The number of esters is 6. The summed E-state index contributed by atoms with van der Waals surface area (Å²) in [6.07, 6.45) is 19.5. The molecule has 0 bridgehead atoms. The van der Waals surface area contributed by atoms with Gasteiger partial charge in [0.1, 0.15) is 35.9 Å². The van der Waals surface area contributed by atoms with Crippen LogP contribution in [0.1, 0.15) is 428 Å². The highest BCUT2D eigenvalue weighted by atomic mass is 32.2. The molecule has 0 unspecified atom stereocenters. The standard InChI is InChI=1S/C10H13NO.C9H17NO.C9H19NO.C9H16O2.C9H18O2.C8H14O2.C7H13NO.C7H15NO.2C7H14O2.C6H12O2.C6H12O.C5H9N3.C5H11NO3S.C5H10O.3CH4/c1-8(2)10(12)11-9-6-4-3-5-7-9;1-8(2)9(11)10-6-4-3-5-7-10;1-5-10(6-2)9(11)7-8(3)4;1-7(2)9(10)11-8-5-3-4-6-8;1-7(2)8(10)11-6-9(3,4)5;1-6(2)8(9)10-7-4-3-5-7;1-5(2)7(9)8-6-3-4-6;1-4-8-7(9)5-6(2)3;1-5(2)7(8)9-6(3)4;1-4-9-7(8)5-6(2)3;1-4-8-6(7)5(2)3;1-5(2)4-6(3)7;1-4(2)5-6-3-7-8-5;1-4(2)5(7)6-10(3,8)9;1-4(2)5(3)6;;;/h3-8H,1-2H3,(H,11,12);8H,3-7H2,1-2H3;8H,5-7H2,1-4H3;7-8H,3-6H2,1-2H3;7H,6H2,1-5H3;6-7H,3-5H2,1-2H3;5-6H,3-4H2,1-2H3,(H,8,9);6H,4-5H2,1-3H3,(H,8,9);5-6H,1-4H3;6H,4-5H2,1-3H3;5H,4H2,1-3H3;5H,4H2,1-3H3;3-4H,1-2H3,(H,6,7,8);4H,1-3H3,(H,6,7);4H,1-3H3;3*1H4. The molecule has 1 aromatic carbocycles. The summed E-state index contributed by atoms with van der Waals surface area (Å²) >= 11 is 0. The number of aromatic nitrogens is 3. The SMILES string of the molecule is C.C.C.CC(=O)C(C)C.CC(=O)CC(C)C.CC(C)C(=O)N1CCCCC1.CC(C)C(=O)NC1CC1.CC(C)C(=O)NS(C)(=O)=O.CC(C)C(=O)Nc1ccccc1.CC(C)C(=O)OC1CCC1.CC(C)C(=O)OC1CCCC1.CC(C)C(=O)OCC(C)(C)C.CC(C)OC(=O)C(C)C.CC(C)c1ncn[nH]1.CCN(CC)C(=O)CC(C)C.CCNC(=O)CC(C)C.CCOC(=O)C(C)C.CCOC(=O)CC(C)C. The zero-order chi connectivity index (χ0) is 112. The highest BCUT2D eigenvalue weighted by Gasteiger charge is 2.26. The molecule has 2 heterocycles. The lowest BCUT2D eigenvalue weighted by Crippen LogP contribution is -2.38. The summed E-state index contributed by atoms with van der Waals surface area (Å²) in [4.78, 5) is 159. The van der Waals surface area contributed by atoms with Crippen molar-refractivity contribution in [1.82, 2.24) is 40.3 Å². The van der Waals surface area contributed by atoms with Gasteiger partial charge < -0.3 is 59.0 Å². The van der Waals surface area contributed by atoms with E-state index in [0.717, 1.165) is 82.6 Å². The first-order valence-electron chi connectivity index (χ1n) is 51.9. The van der Waals surface area contributed by atoms with Crippen molar-refractivity contribution < 1.29 is 104 Å². The summed E-state index contributed by atoms with van der Waals surface area (Å²) in [6.45, 7) is 85.9. The number of carbonyl (C=O) groups is 14.